The normalized spacial score (nSPS) is 14.2. The third-order valence-electron chi connectivity index (χ3n) is 1.90. The minimum absolute atomic E-state index is 0.0339. The van der Waals surface area contributed by atoms with Gasteiger partial charge in [0.2, 0.25) is 0 Å². The molecular formula is C11H20N2O5Se. The van der Waals surface area contributed by atoms with Crippen LogP contribution in [0.3, 0.4) is 0 Å². The first-order chi connectivity index (χ1) is 8.53. The van der Waals surface area contributed by atoms with Gasteiger partial charge in [-0.3, -0.25) is 0 Å². The molecule has 0 aromatic carbocycles. The summed E-state index contributed by atoms with van der Waals surface area (Å²) >= 11 is 2.04. The number of carbonyl (C=O) groups is 3. The summed E-state index contributed by atoms with van der Waals surface area (Å²) in [6.07, 6.45) is 0. The van der Waals surface area contributed by atoms with Crippen LogP contribution in [0, 0.1) is 0 Å². The number of esters is 2. The zero-order valence-corrected chi connectivity index (χ0v) is 13.4. The Bertz CT molecular complexity index is 367. The summed E-state index contributed by atoms with van der Waals surface area (Å²) in [6, 6.07) is 0. The Morgan fingerprint density at radius 3 is 2.11 bits per heavy atom. The van der Waals surface area contributed by atoms with Crippen LogP contribution in [0.15, 0.2) is 0 Å². The molecule has 0 unspecified atom stereocenters. The second-order valence-electron chi connectivity index (χ2n) is 4.94. The fourth-order valence-electron chi connectivity index (χ4n) is 0.914. The van der Waals surface area contributed by atoms with Crippen LogP contribution < -0.4 is 11.1 Å². The average molecular weight is 339 g/mol. The molecule has 19 heavy (non-hydrogen) atoms. The number of hydrogen-bond donors (Lipinski definition) is 2. The van der Waals surface area contributed by atoms with Gasteiger partial charge in [-0.1, -0.05) is 0 Å². The third-order valence-corrected chi connectivity index (χ3v) is 2.95. The second kappa shape index (κ2) is 6.88. The molecule has 0 radical (unpaired) electrons. The molecule has 110 valence electrons. The van der Waals surface area contributed by atoms with Crippen molar-refractivity contribution in [2.45, 2.75) is 44.2 Å². The molecule has 0 aliphatic rings. The summed E-state index contributed by atoms with van der Waals surface area (Å²) in [5.74, 6) is -2.18. The topological polar surface area (TPSA) is 108 Å². The van der Waals surface area contributed by atoms with Gasteiger partial charge in [0, 0.05) is 0 Å². The van der Waals surface area contributed by atoms with Crippen LogP contribution in [0.2, 0.25) is 5.32 Å². The molecule has 0 saturated carbocycles. The predicted molar refractivity (Wildman–Crippen MR) is 69.5 cm³/mol. The van der Waals surface area contributed by atoms with Crippen LogP contribution in [0.25, 0.3) is 0 Å². The van der Waals surface area contributed by atoms with E-state index in [9.17, 15) is 14.4 Å². The van der Waals surface area contributed by atoms with Gasteiger partial charge < -0.3 is 0 Å². The van der Waals surface area contributed by atoms with Crippen molar-refractivity contribution in [3.05, 3.63) is 0 Å². The molecular weight excluding hydrogens is 319 g/mol. The van der Waals surface area contributed by atoms with Gasteiger partial charge in [-0.25, -0.2) is 0 Å². The molecule has 0 aliphatic carbocycles. The molecule has 0 bridgehead atoms. The molecule has 1 atom stereocenters. The van der Waals surface area contributed by atoms with Crippen molar-refractivity contribution in [2.75, 3.05) is 6.73 Å². The number of carbonyl (C=O) groups excluding carboxylic acids is 3. The van der Waals surface area contributed by atoms with E-state index in [4.69, 9.17) is 15.2 Å². The van der Waals surface area contributed by atoms with Crippen molar-refractivity contribution in [1.82, 2.24) is 5.32 Å². The van der Waals surface area contributed by atoms with E-state index >= 15 is 0 Å². The van der Waals surface area contributed by atoms with Gasteiger partial charge in [0.25, 0.3) is 0 Å². The van der Waals surface area contributed by atoms with Gasteiger partial charge in [-0.05, 0) is 0 Å². The van der Waals surface area contributed by atoms with Crippen LogP contribution in [-0.4, -0.2) is 51.7 Å². The first-order valence-corrected chi connectivity index (χ1v) is 6.90. The molecule has 0 aromatic rings. The predicted octanol–water partition coefficient (Wildman–Crippen LogP) is -1.02. The number of nitrogens with two attached hydrogens (primary N) is 1. The molecule has 1 amide bonds. The number of hydrogen-bond acceptors (Lipinski definition) is 6. The molecule has 0 fully saturated rings. The van der Waals surface area contributed by atoms with Crippen LogP contribution in [0.1, 0.15) is 27.7 Å². The molecule has 8 heteroatoms. The Hall–Kier alpha value is -1.11. The number of ether oxygens (including phenoxy) is 2. The van der Waals surface area contributed by atoms with Crippen molar-refractivity contribution in [2.24, 2.45) is 5.73 Å². The minimum atomic E-state index is -1.90. The van der Waals surface area contributed by atoms with Crippen molar-refractivity contribution < 1.29 is 23.9 Å². The van der Waals surface area contributed by atoms with E-state index in [1.54, 1.807) is 20.8 Å². The Morgan fingerprint density at radius 1 is 1.21 bits per heavy atom. The van der Waals surface area contributed by atoms with Gasteiger partial charge >= 0.3 is 120 Å². The zero-order chi connectivity index (χ0) is 15.3. The van der Waals surface area contributed by atoms with E-state index in [2.05, 4.69) is 5.32 Å². The number of nitrogens with one attached hydrogen (secondary N) is 1. The molecule has 0 aliphatic heterocycles. The van der Waals surface area contributed by atoms with E-state index in [-0.39, 0.29) is 18.0 Å². The van der Waals surface area contributed by atoms with Crippen molar-refractivity contribution in [1.29, 1.82) is 0 Å². The summed E-state index contributed by atoms with van der Waals surface area (Å²) in [7, 11) is 0. The van der Waals surface area contributed by atoms with Gasteiger partial charge in [-0.15, -0.1) is 0 Å². The van der Waals surface area contributed by atoms with E-state index < -0.39 is 23.1 Å². The third kappa shape index (κ3) is 6.04. The molecule has 0 saturated heterocycles. The van der Waals surface area contributed by atoms with Crippen LogP contribution in [-0.2, 0) is 23.9 Å². The van der Waals surface area contributed by atoms with Crippen LogP contribution >= 0.6 is 0 Å². The molecule has 0 heterocycles. The Balaban J connectivity index is 4.70. The van der Waals surface area contributed by atoms with E-state index in [0.29, 0.717) is 0 Å². The number of rotatable bonds is 5. The molecule has 0 spiro atoms. The second-order valence-corrected chi connectivity index (χ2v) is 5.60. The van der Waals surface area contributed by atoms with Crippen LogP contribution in [0.5, 0.6) is 0 Å². The maximum absolute atomic E-state index is 11.9. The van der Waals surface area contributed by atoms with Crippen LogP contribution in [0.4, 0.5) is 0 Å². The molecule has 0 rings (SSSR count). The summed E-state index contributed by atoms with van der Waals surface area (Å²) in [5, 5.41) is 2.23. The van der Waals surface area contributed by atoms with E-state index in [1.807, 2.05) is 16.0 Å². The van der Waals surface area contributed by atoms with Gasteiger partial charge in [0.15, 0.2) is 0 Å². The molecule has 3 N–H and O–H groups in total. The Kier molecular flexibility index (Phi) is 6.48. The van der Waals surface area contributed by atoms with Crippen molar-refractivity contribution >= 4 is 33.9 Å². The summed E-state index contributed by atoms with van der Waals surface area (Å²) in [4.78, 5) is 34.3. The zero-order valence-electron chi connectivity index (χ0n) is 11.5. The molecule has 7 nitrogen and oxygen atoms in total. The standard InChI is InChI=1S/C11H20N2O5Se/c1-7(14)13-6-17-8(15)11(12,5-19)9(16)18-10(2,3)4/h19H,5-6,12H2,1-4H3,(H,13,14)/t11-/m0/s1. The molecule has 0 aromatic heterocycles. The van der Waals surface area contributed by atoms with Gasteiger partial charge in [0.1, 0.15) is 0 Å². The Labute approximate surface area is 120 Å². The van der Waals surface area contributed by atoms with Gasteiger partial charge in [0.05, 0.1) is 0 Å². The van der Waals surface area contributed by atoms with Crippen molar-refractivity contribution in [3.63, 3.8) is 0 Å². The first-order valence-electron chi connectivity index (χ1n) is 5.58. The van der Waals surface area contributed by atoms with E-state index in [1.165, 1.54) is 6.92 Å². The number of amides is 1. The SMILES string of the molecule is CC(=O)NCOC(=O)[C@@](N)(C[SeH])C(=O)OC(C)(C)C. The van der Waals surface area contributed by atoms with Gasteiger partial charge in [-0.2, -0.15) is 0 Å². The quantitative estimate of drug-likeness (QED) is 0.287. The Morgan fingerprint density at radius 2 is 1.74 bits per heavy atom. The summed E-state index contributed by atoms with van der Waals surface area (Å²) < 4.78 is 9.82. The first kappa shape index (κ1) is 17.9. The average Bonchev–Trinajstić information content (AvgIpc) is 2.24. The van der Waals surface area contributed by atoms with Crippen molar-refractivity contribution in [3.8, 4) is 0 Å². The summed E-state index contributed by atoms with van der Waals surface area (Å²) in [5.41, 5.74) is 3.07. The maximum atomic E-state index is 11.9. The van der Waals surface area contributed by atoms with E-state index in [0.717, 1.165) is 0 Å². The monoisotopic (exact) mass is 340 g/mol. The summed E-state index contributed by atoms with van der Waals surface area (Å²) in [6.45, 7) is 5.92. The fraction of sp³-hybridized carbons (Fsp3) is 0.727. The fourth-order valence-corrected chi connectivity index (χ4v) is 1.46.